The summed E-state index contributed by atoms with van der Waals surface area (Å²) in [6.07, 6.45) is 4.30. The second-order valence-corrected chi connectivity index (χ2v) is 9.25. The Morgan fingerprint density at radius 1 is 1.43 bits per heavy atom. The van der Waals surface area contributed by atoms with E-state index in [-0.39, 0.29) is 11.6 Å². The van der Waals surface area contributed by atoms with Gasteiger partial charge in [-0.3, -0.25) is 0 Å². The molecule has 1 saturated heterocycles. The molecule has 3 atom stereocenters. The van der Waals surface area contributed by atoms with Crippen molar-refractivity contribution in [1.82, 2.24) is 10.2 Å². The van der Waals surface area contributed by atoms with Crippen LogP contribution in [-0.4, -0.2) is 35.7 Å². The molecule has 1 aliphatic carbocycles. The third-order valence-corrected chi connectivity index (χ3v) is 6.55. The summed E-state index contributed by atoms with van der Waals surface area (Å²) in [6.45, 7) is 7.72. The predicted octanol–water partition coefficient (Wildman–Crippen LogP) is 3.51. The average molecular weight is 334 g/mol. The van der Waals surface area contributed by atoms with E-state index < -0.39 is 5.60 Å². The molecule has 1 aromatic heterocycles. The summed E-state index contributed by atoms with van der Waals surface area (Å²) in [7, 11) is 0. The van der Waals surface area contributed by atoms with E-state index in [0.29, 0.717) is 12.0 Å². The van der Waals surface area contributed by atoms with Crippen LogP contribution in [0.2, 0.25) is 0 Å². The molecule has 0 radical (unpaired) electrons. The van der Waals surface area contributed by atoms with Gasteiger partial charge in [-0.1, -0.05) is 0 Å². The summed E-state index contributed by atoms with van der Waals surface area (Å²) < 4.78 is 5.63. The zero-order valence-corrected chi connectivity index (χ0v) is 15.0. The van der Waals surface area contributed by atoms with Crippen LogP contribution in [0.4, 0.5) is 4.79 Å². The Hall–Kier alpha value is -1.07. The molecule has 4 rings (SSSR count). The monoisotopic (exact) mass is 334 g/mol. The molecular formula is C18H26N2O2S. The largest absolute Gasteiger partial charge is 0.444 e. The number of carbonyl (C=O) groups is 1. The quantitative estimate of drug-likeness (QED) is 0.789. The highest BCUT2D eigenvalue weighted by molar-refractivity contribution is 7.10. The van der Waals surface area contributed by atoms with E-state index in [0.717, 1.165) is 38.8 Å². The van der Waals surface area contributed by atoms with Crippen LogP contribution in [-0.2, 0) is 16.7 Å². The standard InChI is InChI=1S/C18H26N2O2S/c1-17(2,3)22-16(21)20-11-12-8-14(20)10-18(9-12)15-13(4-6-19-18)5-7-23-15/h5,7,12,14,19H,4,6,8-11H2,1-3H3. The fraction of sp³-hybridized carbons (Fsp3) is 0.722. The van der Waals surface area contributed by atoms with Gasteiger partial charge in [0.1, 0.15) is 5.60 Å². The van der Waals surface area contributed by atoms with Gasteiger partial charge in [0.05, 0.1) is 5.54 Å². The lowest BCUT2D eigenvalue weighted by Gasteiger charge is -2.44. The molecule has 0 aromatic carbocycles. The molecule has 1 saturated carbocycles. The fourth-order valence-corrected chi connectivity index (χ4v) is 5.83. The molecule has 126 valence electrons. The average Bonchev–Trinajstić information content (AvgIpc) is 3.03. The van der Waals surface area contributed by atoms with E-state index in [1.54, 1.807) is 0 Å². The van der Waals surface area contributed by atoms with Gasteiger partial charge in [-0.05, 0) is 69.4 Å². The molecule has 1 amide bonds. The maximum Gasteiger partial charge on any atom is 0.410 e. The Bertz CT molecular complexity index is 621. The molecule has 2 fully saturated rings. The van der Waals surface area contributed by atoms with Crippen LogP contribution in [0, 0.1) is 5.92 Å². The van der Waals surface area contributed by atoms with Gasteiger partial charge in [-0.25, -0.2) is 4.79 Å². The first-order chi connectivity index (χ1) is 10.9. The number of rotatable bonds is 0. The first kappa shape index (κ1) is 15.5. The Labute approximate surface area is 142 Å². The fourth-order valence-electron chi connectivity index (χ4n) is 4.68. The molecule has 1 spiro atoms. The first-order valence-electron chi connectivity index (χ1n) is 8.68. The van der Waals surface area contributed by atoms with Crippen molar-refractivity contribution in [2.45, 2.75) is 63.6 Å². The van der Waals surface area contributed by atoms with Crippen molar-refractivity contribution in [3.8, 4) is 0 Å². The lowest BCUT2D eigenvalue weighted by Crippen LogP contribution is -2.52. The Balaban J connectivity index is 1.57. The van der Waals surface area contributed by atoms with Crippen molar-refractivity contribution >= 4 is 17.4 Å². The van der Waals surface area contributed by atoms with Crippen LogP contribution in [0.5, 0.6) is 0 Å². The smallest absolute Gasteiger partial charge is 0.410 e. The summed E-state index contributed by atoms with van der Waals surface area (Å²) in [5.41, 5.74) is 1.18. The molecule has 5 heteroatoms. The summed E-state index contributed by atoms with van der Waals surface area (Å²) in [5.74, 6) is 0.585. The van der Waals surface area contributed by atoms with Gasteiger partial charge in [0.25, 0.3) is 0 Å². The maximum atomic E-state index is 12.6. The van der Waals surface area contributed by atoms with Gasteiger partial charge in [-0.15, -0.1) is 11.3 Å². The summed E-state index contributed by atoms with van der Waals surface area (Å²) >= 11 is 1.89. The SMILES string of the molecule is CC(C)(C)OC(=O)N1CC2CC1CC1(C2)NCCc2ccsc21. The Morgan fingerprint density at radius 2 is 2.26 bits per heavy atom. The Kier molecular flexibility index (Phi) is 3.50. The van der Waals surface area contributed by atoms with E-state index in [1.165, 1.54) is 10.4 Å². The molecule has 3 unspecified atom stereocenters. The van der Waals surface area contributed by atoms with Crippen LogP contribution in [0.15, 0.2) is 11.4 Å². The zero-order chi connectivity index (χ0) is 16.2. The highest BCUT2D eigenvalue weighted by Crippen LogP contribution is 2.49. The number of carbonyl (C=O) groups excluding carboxylic acids is 1. The molecule has 4 nitrogen and oxygen atoms in total. The van der Waals surface area contributed by atoms with E-state index in [4.69, 9.17) is 4.74 Å². The second-order valence-electron chi connectivity index (χ2n) is 8.33. The summed E-state index contributed by atoms with van der Waals surface area (Å²) in [4.78, 5) is 16.1. The van der Waals surface area contributed by atoms with Gasteiger partial charge in [0, 0.05) is 24.0 Å². The van der Waals surface area contributed by atoms with E-state index in [9.17, 15) is 4.79 Å². The Morgan fingerprint density at radius 3 is 3.04 bits per heavy atom. The number of hydrogen-bond acceptors (Lipinski definition) is 4. The van der Waals surface area contributed by atoms with E-state index in [1.807, 2.05) is 37.0 Å². The van der Waals surface area contributed by atoms with E-state index in [2.05, 4.69) is 16.8 Å². The van der Waals surface area contributed by atoms with Crippen LogP contribution in [0.25, 0.3) is 0 Å². The molecule has 23 heavy (non-hydrogen) atoms. The van der Waals surface area contributed by atoms with Crippen LogP contribution in [0.3, 0.4) is 0 Å². The molecule has 3 aliphatic rings. The lowest BCUT2D eigenvalue weighted by atomic mass is 9.72. The number of hydrogen-bond donors (Lipinski definition) is 1. The summed E-state index contributed by atoms with van der Waals surface area (Å²) in [6, 6.07) is 2.59. The van der Waals surface area contributed by atoms with Gasteiger partial charge in [0.2, 0.25) is 0 Å². The van der Waals surface area contributed by atoms with Gasteiger partial charge in [0.15, 0.2) is 0 Å². The topological polar surface area (TPSA) is 41.6 Å². The maximum absolute atomic E-state index is 12.6. The number of fused-ring (bicyclic) bond motifs is 4. The molecule has 1 aromatic rings. The molecular weight excluding hydrogens is 308 g/mol. The number of nitrogens with one attached hydrogen (secondary N) is 1. The van der Waals surface area contributed by atoms with Crippen LogP contribution >= 0.6 is 11.3 Å². The van der Waals surface area contributed by atoms with Crippen LogP contribution in [0.1, 0.15) is 50.5 Å². The lowest BCUT2D eigenvalue weighted by molar-refractivity contribution is 0.0206. The first-order valence-corrected chi connectivity index (χ1v) is 9.56. The third-order valence-electron chi connectivity index (χ3n) is 5.39. The van der Waals surface area contributed by atoms with Crippen LogP contribution < -0.4 is 5.32 Å². The molecule has 2 aliphatic heterocycles. The molecule has 1 N–H and O–H groups in total. The number of nitrogens with zero attached hydrogens (tertiary/aromatic N) is 1. The highest BCUT2D eigenvalue weighted by atomic mass is 32.1. The van der Waals surface area contributed by atoms with Crippen molar-refractivity contribution in [1.29, 1.82) is 0 Å². The van der Waals surface area contributed by atoms with Gasteiger partial charge in [-0.2, -0.15) is 0 Å². The highest BCUT2D eigenvalue weighted by Gasteiger charge is 2.51. The molecule has 2 bridgehead atoms. The number of likely N-dealkylation sites (tertiary alicyclic amines) is 1. The minimum Gasteiger partial charge on any atom is -0.444 e. The molecule has 3 heterocycles. The van der Waals surface area contributed by atoms with Crippen molar-refractivity contribution in [2.75, 3.05) is 13.1 Å². The second kappa shape index (κ2) is 5.21. The van der Waals surface area contributed by atoms with Crippen molar-refractivity contribution in [3.05, 3.63) is 21.9 Å². The zero-order valence-electron chi connectivity index (χ0n) is 14.2. The van der Waals surface area contributed by atoms with Gasteiger partial charge < -0.3 is 15.0 Å². The van der Waals surface area contributed by atoms with Crippen molar-refractivity contribution in [2.24, 2.45) is 5.92 Å². The van der Waals surface area contributed by atoms with Crippen molar-refractivity contribution in [3.63, 3.8) is 0 Å². The van der Waals surface area contributed by atoms with Crippen molar-refractivity contribution < 1.29 is 9.53 Å². The minimum atomic E-state index is -0.421. The summed E-state index contributed by atoms with van der Waals surface area (Å²) in [5, 5.41) is 6.04. The minimum absolute atomic E-state index is 0.0894. The predicted molar refractivity (Wildman–Crippen MR) is 91.8 cm³/mol. The number of ether oxygens (including phenoxy) is 1. The van der Waals surface area contributed by atoms with Gasteiger partial charge >= 0.3 is 6.09 Å². The number of thiophene rings is 1. The number of amides is 1. The third kappa shape index (κ3) is 2.68. The van der Waals surface area contributed by atoms with E-state index >= 15 is 0 Å². The normalized spacial score (nSPS) is 32.9.